The number of methoxy groups -OCH3 is 2. The predicted molar refractivity (Wildman–Crippen MR) is 145 cm³/mol. The van der Waals surface area contributed by atoms with E-state index in [1.807, 2.05) is 18.2 Å². The van der Waals surface area contributed by atoms with Crippen molar-refractivity contribution in [2.45, 2.75) is 27.2 Å². The van der Waals surface area contributed by atoms with Gasteiger partial charge in [0.15, 0.2) is 23.0 Å². The van der Waals surface area contributed by atoms with Crippen molar-refractivity contribution in [2.24, 2.45) is 0 Å². The first-order valence-electron chi connectivity index (χ1n) is 12.2. The number of nitrogens with one attached hydrogen (secondary N) is 2. The Hall–Kier alpha value is -4.86. The number of rotatable bonds is 10. The Balaban J connectivity index is 1.50. The molecular formula is C29H29N3O7. The Kier molecular flexibility index (Phi) is 8.14. The van der Waals surface area contributed by atoms with Gasteiger partial charge in [0.05, 0.1) is 26.1 Å². The molecule has 202 valence electrons. The Labute approximate surface area is 224 Å². The number of allylic oxidation sites excluding steroid dienone is 1. The van der Waals surface area contributed by atoms with Crippen molar-refractivity contribution in [1.82, 2.24) is 10.5 Å². The Bertz CT molecular complexity index is 1580. The number of Topliss-reactive ketones (excluding diaryl/α,β-unsaturated/α-hetero) is 1. The summed E-state index contributed by atoms with van der Waals surface area (Å²) >= 11 is 0. The van der Waals surface area contributed by atoms with Crippen LogP contribution in [0.1, 0.15) is 51.6 Å². The molecule has 0 saturated carbocycles. The third-order valence-corrected chi connectivity index (χ3v) is 6.21. The van der Waals surface area contributed by atoms with Crippen molar-refractivity contribution in [2.75, 3.05) is 26.1 Å². The molecule has 0 fully saturated rings. The van der Waals surface area contributed by atoms with E-state index in [0.717, 1.165) is 11.1 Å². The molecule has 10 heteroatoms. The van der Waals surface area contributed by atoms with E-state index in [-0.39, 0.29) is 28.7 Å². The van der Waals surface area contributed by atoms with Gasteiger partial charge in [0.2, 0.25) is 5.91 Å². The fraction of sp³-hybridized carbons (Fsp3) is 0.241. The molecule has 0 aliphatic rings. The highest BCUT2D eigenvalue weighted by molar-refractivity contribution is 6.15. The highest BCUT2D eigenvalue weighted by Crippen LogP contribution is 2.34. The van der Waals surface area contributed by atoms with Gasteiger partial charge in [0.1, 0.15) is 16.9 Å². The summed E-state index contributed by atoms with van der Waals surface area (Å²) in [5.41, 5.74) is 3.33. The summed E-state index contributed by atoms with van der Waals surface area (Å²) in [6.07, 6.45) is 3.42. The molecule has 2 heterocycles. The number of fused-ring (bicyclic) bond motifs is 1. The van der Waals surface area contributed by atoms with Gasteiger partial charge < -0.3 is 29.0 Å². The topological polar surface area (TPSA) is 133 Å². The van der Waals surface area contributed by atoms with Crippen molar-refractivity contribution in [3.8, 4) is 11.5 Å². The van der Waals surface area contributed by atoms with Gasteiger partial charge in [0, 0.05) is 24.9 Å². The zero-order valence-corrected chi connectivity index (χ0v) is 22.3. The molecular weight excluding hydrogens is 502 g/mol. The second kappa shape index (κ2) is 11.7. The first-order chi connectivity index (χ1) is 18.7. The molecule has 0 atom stereocenters. The predicted octanol–water partition coefficient (Wildman–Crippen LogP) is 4.96. The highest BCUT2D eigenvalue weighted by Gasteiger charge is 2.22. The van der Waals surface area contributed by atoms with Gasteiger partial charge in [-0.1, -0.05) is 17.3 Å². The summed E-state index contributed by atoms with van der Waals surface area (Å²) in [7, 11) is 3.16. The molecule has 2 aromatic carbocycles. The first kappa shape index (κ1) is 27.2. The van der Waals surface area contributed by atoms with Crippen LogP contribution >= 0.6 is 0 Å². The van der Waals surface area contributed by atoms with Crippen molar-refractivity contribution < 1.29 is 32.8 Å². The number of benzene rings is 2. The molecule has 2 aromatic heterocycles. The number of hydrogen-bond acceptors (Lipinski definition) is 8. The number of amides is 2. The van der Waals surface area contributed by atoms with E-state index in [4.69, 9.17) is 18.4 Å². The summed E-state index contributed by atoms with van der Waals surface area (Å²) in [5, 5.41) is 9.80. The summed E-state index contributed by atoms with van der Waals surface area (Å²) in [6, 6.07) is 10.9. The maximum Gasteiger partial charge on any atom is 0.261 e. The van der Waals surface area contributed by atoms with Gasteiger partial charge in [-0.3, -0.25) is 14.4 Å². The van der Waals surface area contributed by atoms with Gasteiger partial charge in [-0.25, -0.2) is 0 Å². The van der Waals surface area contributed by atoms with Crippen molar-refractivity contribution in [1.29, 1.82) is 0 Å². The van der Waals surface area contributed by atoms with Crippen LogP contribution in [0.5, 0.6) is 11.5 Å². The maximum atomic E-state index is 12.8. The Morgan fingerprint density at radius 1 is 1.03 bits per heavy atom. The monoisotopic (exact) mass is 531 g/mol. The van der Waals surface area contributed by atoms with E-state index >= 15 is 0 Å². The standard InChI is InChI=1S/C29H29N3O7/c1-16(12-26(34)30-11-10-19-6-8-24(36-4)25(13-19)37-5)20-7-9-23-21(14-20)27(28(38-23)17(2)33)32-29(35)22-15-31-39-18(22)3/h6-9,12-15H,10-11H2,1-5H3,(H,30,34)(H,32,35)/b16-12+. The number of carbonyl (C=O) groups is 3. The molecule has 0 aliphatic carbocycles. The van der Waals surface area contributed by atoms with Crippen molar-refractivity contribution in [3.63, 3.8) is 0 Å². The van der Waals surface area contributed by atoms with Crippen LogP contribution < -0.4 is 20.1 Å². The normalized spacial score (nSPS) is 11.4. The molecule has 2 amide bonds. The number of ether oxygens (including phenoxy) is 2. The van der Waals surface area contributed by atoms with Crippen molar-refractivity contribution in [3.05, 3.63) is 76.9 Å². The Morgan fingerprint density at radius 2 is 1.79 bits per heavy atom. The number of ketones is 1. The number of furan rings is 1. The molecule has 0 unspecified atom stereocenters. The molecule has 0 spiro atoms. The smallest absolute Gasteiger partial charge is 0.261 e. The van der Waals surface area contributed by atoms with Crippen molar-refractivity contribution >= 4 is 39.8 Å². The maximum absolute atomic E-state index is 12.8. The lowest BCUT2D eigenvalue weighted by molar-refractivity contribution is -0.116. The lowest BCUT2D eigenvalue weighted by atomic mass is 10.0. The van der Waals surface area contributed by atoms with Crippen LogP contribution in [0.2, 0.25) is 0 Å². The van der Waals surface area contributed by atoms with Crippen LogP contribution in [0.4, 0.5) is 5.69 Å². The SMILES string of the molecule is COc1ccc(CCNC(=O)/C=C(\C)c2ccc3oc(C(C)=O)c(NC(=O)c4cnoc4C)c3c2)cc1OC. The molecule has 2 N–H and O–H groups in total. The molecule has 10 nitrogen and oxygen atoms in total. The largest absolute Gasteiger partial charge is 0.493 e. The van der Waals surface area contributed by atoms with Gasteiger partial charge >= 0.3 is 0 Å². The zero-order chi connectivity index (χ0) is 28.1. The van der Waals surface area contributed by atoms with Crippen LogP contribution in [0, 0.1) is 6.92 Å². The lowest BCUT2D eigenvalue weighted by Crippen LogP contribution is -2.23. The minimum atomic E-state index is -0.481. The number of nitrogens with zero attached hydrogens (tertiary/aromatic N) is 1. The highest BCUT2D eigenvalue weighted by atomic mass is 16.5. The van der Waals surface area contributed by atoms with E-state index < -0.39 is 5.91 Å². The van der Waals surface area contributed by atoms with Crippen LogP contribution in [0.25, 0.3) is 16.5 Å². The molecule has 0 radical (unpaired) electrons. The lowest BCUT2D eigenvalue weighted by Gasteiger charge is -2.10. The minimum Gasteiger partial charge on any atom is -0.493 e. The molecule has 4 aromatic rings. The molecule has 0 aliphatic heterocycles. The van der Waals surface area contributed by atoms with Crippen LogP contribution in [0.15, 0.2) is 57.6 Å². The van der Waals surface area contributed by atoms with Gasteiger partial charge in [0.25, 0.3) is 5.91 Å². The van der Waals surface area contributed by atoms with E-state index in [1.165, 1.54) is 19.2 Å². The second-order valence-corrected chi connectivity index (χ2v) is 8.88. The summed E-state index contributed by atoms with van der Waals surface area (Å²) in [5.74, 6) is 0.579. The first-order valence-corrected chi connectivity index (χ1v) is 12.2. The molecule has 4 rings (SSSR count). The quantitative estimate of drug-likeness (QED) is 0.217. The minimum absolute atomic E-state index is 0.0270. The van der Waals surface area contributed by atoms with E-state index in [1.54, 1.807) is 46.3 Å². The molecule has 0 saturated heterocycles. The fourth-order valence-electron chi connectivity index (χ4n) is 4.11. The number of aromatic nitrogens is 1. The average molecular weight is 532 g/mol. The van der Waals surface area contributed by atoms with Gasteiger partial charge in [-0.05, 0) is 61.2 Å². The summed E-state index contributed by atoms with van der Waals surface area (Å²) in [4.78, 5) is 37.7. The second-order valence-electron chi connectivity index (χ2n) is 8.88. The number of hydrogen-bond donors (Lipinski definition) is 2. The number of anilines is 1. The van der Waals surface area contributed by atoms with Crippen LogP contribution in [-0.2, 0) is 11.2 Å². The fourth-order valence-corrected chi connectivity index (χ4v) is 4.11. The molecule has 39 heavy (non-hydrogen) atoms. The number of aryl methyl sites for hydroxylation is 1. The third-order valence-electron chi connectivity index (χ3n) is 6.21. The van der Waals surface area contributed by atoms with Gasteiger partial charge in [-0.15, -0.1) is 0 Å². The number of carbonyl (C=O) groups excluding carboxylic acids is 3. The van der Waals surface area contributed by atoms with Gasteiger partial charge in [-0.2, -0.15) is 0 Å². The van der Waals surface area contributed by atoms with E-state index in [0.29, 0.717) is 46.8 Å². The molecule has 0 bridgehead atoms. The van der Waals surface area contributed by atoms with Crippen LogP contribution in [0.3, 0.4) is 0 Å². The summed E-state index contributed by atoms with van der Waals surface area (Å²) in [6.45, 7) is 5.21. The van der Waals surface area contributed by atoms with E-state index in [9.17, 15) is 14.4 Å². The summed E-state index contributed by atoms with van der Waals surface area (Å²) < 4.78 is 21.3. The van der Waals surface area contributed by atoms with E-state index in [2.05, 4.69) is 15.8 Å². The van der Waals surface area contributed by atoms with Crippen LogP contribution in [-0.4, -0.2) is 43.5 Å². The zero-order valence-electron chi connectivity index (χ0n) is 22.3. The average Bonchev–Trinajstić information content (AvgIpc) is 3.51. The Morgan fingerprint density at radius 3 is 2.46 bits per heavy atom. The third kappa shape index (κ3) is 6.01.